The largest absolute Gasteiger partial charge is 0.480 e. The fourth-order valence-electron chi connectivity index (χ4n) is 3.73. The summed E-state index contributed by atoms with van der Waals surface area (Å²) in [6.45, 7) is 0. The maximum Gasteiger partial charge on any atom is 0.326 e. The number of amides is 1. The second kappa shape index (κ2) is 12.4. The van der Waals surface area contributed by atoms with Crippen LogP contribution < -0.4 is 5.32 Å². The SMILES string of the molecule is O=C(SC[C@H](SC(=O)c1ccccc1)C(=O)NC(Cc1c[nH]c2ccccc12)C(=O)O)c1ccccc1. The van der Waals surface area contributed by atoms with E-state index in [2.05, 4.69) is 10.3 Å². The van der Waals surface area contributed by atoms with Gasteiger partial charge in [0, 0.05) is 40.4 Å². The van der Waals surface area contributed by atoms with Crippen molar-refractivity contribution in [1.29, 1.82) is 0 Å². The van der Waals surface area contributed by atoms with Gasteiger partial charge in [-0.15, -0.1) is 0 Å². The van der Waals surface area contributed by atoms with Crippen molar-refractivity contribution in [1.82, 2.24) is 10.3 Å². The summed E-state index contributed by atoms with van der Waals surface area (Å²) in [5, 5.41) is 11.8. The fourth-order valence-corrected chi connectivity index (χ4v) is 5.67. The molecule has 0 spiro atoms. The van der Waals surface area contributed by atoms with E-state index in [0.29, 0.717) is 11.1 Å². The molecular formula is C28H24N2O5S2. The summed E-state index contributed by atoms with van der Waals surface area (Å²) in [5.41, 5.74) is 2.51. The van der Waals surface area contributed by atoms with Crippen molar-refractivity contribution < 1.29 is 24.3 Å². The molecule has 2 atom stereocenters. The Balaban J connectivity index is 1.50. The van der Waals surface area contributed by atoms with Crippen LogP contribution in [-0.4, -0.2) is 49.2 Å². The molecule has 0 radical (unpaired) electrons. The summed E-state index contributed by atoms with van der Waals surface area (Å²) in [4.78, 5) is 53.9. The highest BCUT2D eigenvalue weighted by molar-refractivity contribution is 8.18. The maximum atomic E-state index is 13.3. The van der Waals surface area contributed by atoms with Gasteiger partial charge in [-0.3, -0.25) is 14.4 Å². The quantitative estimate of drug-likeness (QED) is 0.269. The molecule has 37 heavy (non-hydrogen) atoms. The second-order valence-corrected chi connectivity index (χ2v) is 10.4. The zero-order valence-corrected chi connectivity index (χ0v) is 21.3. The Bertz CT molecular complexity index is 1410. The number of nitrogens with one attached hydrogen (secondary N) is 2. The van der Waals surface area contributed by atoms with E-state index in [0.717, 1.165) is 40.0 Å². The van der Waals surface area contributed by atoms with Gasteiger partial charge in [-0.2, -0.15) is 0 Å². The molecule has 1 heterocycles. The van der Waals surface area contributed by atoms with Gasteiger partial charge in [-0.25, -0.2) is 4.79 Å². The summed E-state index contributed by atoms with van der Waals surface area (Å²) in [7, 11) is 0. The third kappa shape index (κ3) is 6.90. The minimum Gasteiger partial charge on any atom is -0.480 e. The molecule has 9 heteroatoms. The van der Waals surface area contributed by atoms with Crippen LogP contribution >= 0.6 is 23.5 Å². The van der Waals surface area contributed by atoms with Crippen LogP contribution in [0.2, 0.25) is 0 Å². The summed E-state index contributed by atoms with van der Waals surface area (Å²) < 4.78 is 0. The number of fused-ring (bicyclic) bond motifs is 1. The lowest BCUT2D eigenvalue weighted by Gasteiger charge is -2.19. The zero-order valence-electron chi connectivity index (χ0n) is 19.6. The number of carbonyl (C=O) groups excluding carboxylic acids is 3. The number of para-hydroxylation sites is 1. The van der Waals surface area contributed by atoms with Gasteiger partial charge in [0.15, 0.2) is 0 Å². The van der Waals surface area contributed by atoms with Crippen molar-refractivity contribution in [2.75, 3.05) is 5.75 Å². The van der Waals surface area contributed by atoms with Crippen LogP contribution in [0.25, 0.3) is 10.9 Å². The van der Waals surface area contributed by atoms with Crippen LogP contribution in [0.1, 0.15) is 26.3 Å². The number of hydrogen-bond donors (Lipinski definition) is 3. The number of carbonyl (C=O) groups is 4. The molecular weight excluding hydrogens is 508 g/mol. The third-order valence-corrected chi connectivity index (χ3v) is 7.96. The maximum absolute atomic E-state index is 13.3. The van der Waals surface area contributed by atoms with Gasteiger partial charge in [-0.1, -0.05) is 102 Å². The number of carboxylic acids is 1. The third-order valence-electron chi connectivity index (χ3n) is 5.64. The highest BCUT2D eigenvalue weighted by atomic mass is 32.2. The van der Waals surface area contributed by atoms with Crippen molar-refractivity contribution >= 4 is 56.5 Å². The van der Waals surface area contributed by atoms with Crippen LogP contribution in [0.5, 0.6) is 0 Å². The van der Waals surface area contributed by atoms with Crippen LogP contribution in [0.4, 0.5) is 0 Å². The number of carboxylic acid groups (broad SMARTS) is 1. The molecule has 0 saturated carbocycles. The molecule has 0 aliphatic heterocycles. The van der Waals surface area contributed by atoms with E-state index in [9.17, 15) is 24.3 Å². The number of benzene rings is 3. The number of thioether (sulfide) groups is 2. The highest BCUT2D eigenvalue weighted by Gasteiger charge is 2.29. The predicted octanol–water partition coefficient (Wildman–Crippen LogP) is 4.80. The first-order chi connectivity index (χ1) is 17.9. The monoisotopic (exact) mass is 532 g/mol. The highest BCUT2D eigenvalue weighted by Crippen LogP contribution is 2.25. The van der Waals surface area contributed by atoms with Gasteiger partial charge in [0.1, 0.15) is 11.3 Å². The van der Waals surface area contributed by atoms with Gasteiger partial charge in [0.05, 0.1) is 0 Å². The summed E-state index contributed by atoms with van der Waals surface area (Å²) in [6, 6.07) is 23.4. The van der Waals surface area contributed by atoms with Crippen LogP contribution in [-0.2, 0) is 16.0 Å². The Hall–Kier alpha value is -3.82. The number of aromatic amines is 1. The molecule has 1 unspecified atom stereocenters. The van der Waals surface area contributed by atoms with Gasteiger partial charge in [-0.05, 0) is 11.6 Å². The molecule has 0 aliphatic rings. The fraction of sp³-hybridized carbons (Fsp3) is 0.143. The summed E-state index contributed by atoms with van der Waals surface area (Å²) in [6.07, 6.45) is 1.79. The smallest absolute Gasteiger partial charge is 0.326 e. The van der Waals surface area contributed by atoms with E-state index >= 15 is 0 Å². The predicted molar refractivity (Wildman–Crippen MR) is 147 cm³/mol. The van der Waals surface area contributed by atoms with Crippen LogP contribution in [0, 0.1) is 0 Å². The van der Waals surface area contributed by atoms with Gasteiger partial charge < -0.3 is 15.4 Å². The molecule has 188 valence electrons. The number of H-pyrrole nitrogens is 1. The number of rotatable bonds is 10. The normalized spacial score (nSPS) is 12.5. The summed E-state index contributed by atoms with van der Waals surface area (Å²) in [5.74, 6) is -1.80. The van der Waals surface area contributed by atoms with E-state index in [-0.39, 0.29) is 22.4 Å². The molecule has 1 aromatic heterocycles. The van der Waals surface area contributed by atoms with Gasteiger partial charge >= 0.3 is 5.97 Å². The Labute approximate surface area is 222 Å². The Kier molecular flexibility index (Phi) is 8.81. The van der Waals surface area contributed by atoms with E-state index < -0.39 is 23.2 Å². The van der Waals surface area contributed by atoms with Crippen LogP contribution in [0.3, 0.4) is 0 Å². The van der Waals surface area contributed by atoms with Crippen molar-refractivity contribution in [2.45, 2.75) is 17.7 Å². The van der Waals surface area contributed by atoms with Crippen LogP contribution in [0.15, 0.2) is 91.1 Å². The lowest BCUT2D eigenvalue weighted by molar-refractivity contribution is -0.141. The van der Waals surface area contributed by atoms with Crippen molar-refractivity contribution in [3.63, 3.8) is 0 Å². The van der Waals surface area contributed by atoms with Gasteiger partial charge in [0.2, 0.25) is 16.1 Å². The van der Waals surface area contributed by atoms with Crippen molar-refractivity contribution in [3.05, 3.63) is 108 Å². The first-order valence-electron chi connectivity index (χ1n) is 11.5. The first-order valence-corrected chi connectivity index (χ1v) is 13.4. The van der Waals surface area contributed by atoms with E-state index in [1.807, 2.05) is 24.3 Å². The molecule has 0 bridgehead atoms. The van der Waals surface area contributed by atoms with E-state index in [4.69, 9.17) is 0 Å². The van der Waals surface area contributed by atoms with E-state index in [1.165, 1.54) is 0 Å². The summed E-state index contributed by atoms with van der Waals surface area (Å²) >= 11 is 1.70. The zero-order chi connectivity index (χ0) is 26.2. The molecule has 0 fully saturated rings. The molecule has 4 rings (SSSR count). The lowest BCUT2D eigenvalue weighted by atomic mass is 10.0. The molecule has 4 aromatic rings. The Morgan fingerprint density at radius 3 is 2.05 bits per heavy atom. The van der Waals surface area contributed by atoms with Crippen molar-refractivity contribution in [3.8, 4) is 0 Å². The second-order valence-electron chi connectivity index (χ2n) is 8.19. The van der Waals surface area contributed by atoms with E-state index in [1.54, 1.807) is 66.9 Å². The standard InChI is InChI=1S/C28H24N2O5S2/c31-25(30-23(26(32)33)15-20-16-29-22-14-8-7-13-21(20)22)24(37-28(35)19-11-5-2-6-12-19)17-36-27(34)18-9-3-1-4-10-18/h1-14,16,23-24,29H,15,17H2,(H,30,31)(H,32,33)/t23?,24-/m0/s1. The topological polar surface area (TPSA) is 116 Å². The minimum absolute atomic E-state index is 0.00221. The average Bonchev–Trinajstić information content (AvgIpc) is 3.34. The number of aromatic nitrogens is 1. The molecule has 0 aliphatic carbocycles. The Morgan fingerprint density at radius 1 is 0.811 bits per heavy atom. The number of aliphatic carboxylic acids is 1. The minimum atomic E-state index is -1.21. The molecule has 7 nitrogen and oxygen atoms in total. The molecule has 3 N–H and O–H groups in total. The molecule has 3 aromatic carbocycles. The molecule has 1 amide bonds. The van der Waals surface area contributed by atoms with Crippen molar-refractivity contribution in [2.24, 2.45) is 0 Å². The Morgan fingerprint density at radius 2 is 1.41 bits per heavy atom. The number of hydrogen-bond acceptors (Lipinski definition) is 6. The first kappa shape index (κ1) is 26.2. The molecule has 0 saturated heterocycles. The van der Waals surface area contributed by atoms with Gasteiger partial charge in [0.25, 0.3) is 0 Å². The lowest BCUT2D eigenvalue weighted by Crippen LogP contribution is -2.46. The average molecular weight is 533 g/mol.